The molecule has 3 aromatic rings. The highest BCUT2D eigenvalue weighted by molar-refractivity contribution is 6.51. The predicted molar refractivity (Wildman–Crippen MR) is 134 cm³/mol. The lowest BCUT2D eigenvalue weighted by Gasteiger charge is -2.26. The fourth-order valence-electron chi connectivity index (χ4n) is 4.67. The van der Waals surface area contributed by atoms with E-state index in [1.165, 1.54) is 4.90 Å². The van der Waals surface area contributed by atoms with Crippen molar-refractivity contribution in [1.82, 2.24) is 0 Å². The van der Waals surface area contributed by atoms with Crippen LogP contribution in [0.2, 0.25) is 0 Å². The van der Waals surface area contributed by atoms with Crippen LogP contribution in [0.15, 0.2) is 78.4 Å². The van der Waals surface area contributed by atoms with Crippen LogP contribution in [0, 0.1) is 0 Å². The molecule has 1 unspecified atom stereocenters. The Balaban J connectivity index is 1.62. The van der Waals surface area contributed by atoms with Gasteiger partial charge in [0.1, 0.15) is 17.3 Å². The summed E-state index contributed by atoms with van der Waals surface area (Å²) >= 11 is 0. The molecule has 1 atom stereocenters. The minimum Gasteiger partial charge on any atom is -0.507 e. The molecule has 178 valence electrons. The van der Waals surface area contributed by atoms with E-state index < -0.39 is 17.7 Å². The first-order valence-electron chi connectivity index (χ1n) is 11.8. The molecule has 0 aromatic heterocycles. The second kappa shape index (κ2) is 9.29. The normalized spacial score (nSPS) is 18.9. The Morgan fingerprint density at radius 1 is 1.03 bits per heavy atom. The largest absolute Gasteiger partial charge is 0.507 e. The Morgan fingerprint density at radius 2 is 1.77 bits per heavy atom. The van der Waals surface area contributed by atoms with Gasteiger partial charge in [-0.05, 0) is 80.3 Å². The number of ketones is 1. The molecule has 2 heterocycles. The SMILES string of the molecule is CC(C)Oc1ccc(N2C(=O)C(=O)/C(=C(\O)c3ccc4c(c3)CCCO4)C2c2ccccc2)cc1. The molecule has 0 bridgehead atoms. The van der Waals surface area contributed by atoms with Crippen LogP contribution in [0.1, 0.15) is 43.0 Å². The van der Waals surface area contributed by atoms with Crippen LogP contribution >= 0.6 is 0 Å². The Labute approximate surface area is 204 Å². The third-order valence-electron chi connectivity index (χ3n) is 6.23. The Morgan fingerprint density at radius 3 is 2.49 bits per heavy atom. The lowest BCUT2D eigenvalue weighted by atomic mass is 9.94. The summed E-state index contributed by atoms with van der Waals surface area (Å²) < 4.78 is 11.4. The average molecular weight is 470 g/mol. The lowest BCUT2D eigenvalue weighted by Crippen LogP contribution is -2.29. The molecule has 6 heteroatoms. The smallest absolute Gasteiger partial charge is 0.300 e. The van der Waals surface area contributed by atoms with E-state index in [1.54, 1.807) is 30.3 Å². The van der Waals surface area contributed by atoms with Crippen molar-refractivity contribution in [3.05, 3.63) is 95.1 Å². The standard InChI is InChI=1S/C29H27NO5/c1-18(2)35-23-13-11-22(12-14-23)30-26(19-7-4-3-5-8-19)25(28(32)29(30)33)27(31)21-10-15-24-20(17-21)9-6-16-34-24/h3-5,7-8,10-15,17-18,26,31H,6,9,16H2,1-2H3/b27-25-. The maximum atomic E-state index is 13.3. The van der Waals surface area contributed by atoms with Crippen LogP contribution < -0.4 is 14.4 Å². The van der Waals surface area contributed by atoms with E-state index in [1.807, 2.05) is 56.3 Å². The number of rotatable bonds is 5. The molecule has 2 aliphatic heterocycles. The highest BCUT2D eigenvalue weighted by Gasteiger charge is 2.47. The van der Waals surface area contributed by atoms with Crippen molar-refractivity contribution in [2.75, 3.05) is 11.5 Å². The maximum absolute atomic E-state index is 13.3. The van der Waals surface area contributed by atoms with Crippen molar-refractivity contribution >= 4 is 23.1 Å². The summed E-state index contributed by atoms with van der Waals surface area (Å²) in [5, 5.41) is 11.4. The molecule has 3 aromatic carbocycles. The third kappa shape index (κ3) is 4.28. The second-order valence-corrected chi connectivity index (χ2v) is 9.01. The van der Waals surface area contributed by atoms with Gasteiger partial charge in [0.25, 0.3) is 11.7 Å². The van der Waals surface area contributed by atoms with Crippen molar-refractivity contribution < 1.29 is 24.2 Å². The number of hydrogen-bond donors (Lipinski definition) is 1. The summed E-state index contributed by atoms with van der Waals surface area (Å²) in [6.07, 6.45) is 1.74. The summed E-state index contributed by atoms with van der Waals surface area (Å²) in [5.41, 5.74) is 2.83. The van der Waals surface area contributed by atoms with Crippen molar-refractivity contribution in [3.63, 3.8) is 0 Å². The molecule has 1 amide bonds. The maximum Gasteiger partial charge on any atom is 0.300 e. The molecule has 0 aliphatic carbocycles. The zero-order chi connectivity index (χ0) is 24.5. The van der Waals surface area contributed by atoms with Gasteiger partial charge in [-0.2, -0.15) is 0 Å². The monoisotopic (exact) mass is 469 g/mol. The van der Waals surface area contributed by atoms with Gasteiger partial charge in [-0.3, -0.25) is 14.5 Å². The van der Waals surface area contributed by atoms with Crippen LogP contribution in [0.25, 0.3) is 5.76 Å². The highest BCUT2D eigenvalue weighted by atomic mass is 16.5. The first-order valence-corrected chi connectivity index (χ1v) is 11.8. The predicted octanol–water partition coefficient (Wildman–Crippen LogP) is 5.43. The van der Waals surface area contributed by atoms with Gasteiger partial charge in [0.15, 0.2) is 0 Å². The number of hydrogen-bond acceptors (Lipinski definition) is 5. The Hall–Kier alpha value is -4.06. The lowest BCUT2D eigenvalue weighted by molar-refractivity contribution is -0.132. The van der Waals surface area contributed by atoms with Gasteiger partial charge in [-0.15, -0.1) is 0 Å². The van der Waals surface area contributed by atoms with E-state index >= 15 is 0 Å². The van der Waals surface area contributed by atoms with Gasteiger partial charge in [0.05, 0.1) is 24.3 Å². The highest BCUT2D eigenvalue weighted by Crippen LogP contribution is 2.43. The molecule has 1 saturated heterocycles. The summed E-state index contributed by atoms with van der Waals surface area (Å²) in [6, 6.07) is 21.0. The molecule has 5 rings (SSSR count). The molecule has 35 heavy (non-hydrogen) atoms. The number of fused-ring (bicyclic) bond motifs is 1. The van der Waals surface area contributed by atoms with E-state index in [9.17, 15) is 14.7 Å². The van der Waals surface area contributed by atoms with Gasteiger partial charge in [0, 0.05) is 11.3 Å². The van der Waals surface area contributed by atoms with Gasteiger partial charge in [0.2, 0.25) is 0 Å². The van der Waals surface area contributed by atoms with E-state index in [0.717, 1.165) is 29.7 Å². The molecular weight excluding hydrogens is 442 g/mol. The molecular formula is C29H27NO5. The summed E-state index contributed by atoms with van der Waals surface area (Å²) in [4.78, 5) is 28.1. The molecule has 0 saturated carbocycles. The Kier molecular flexibility index (Phi) is 6.03. The minimum atomic E-state index is -0.764. The summed E-state index contributed by atoms with van der Waals surface area (Å²) in [7, 11) is 0. The van der Waals surface area contributed by atoms with Gasteiger partial charge < -0.3 is 14.6 Å². The quantitative estimate of drug-likeness (QED) is 0.307. The van der Waals surface area contributed by atoms with Crippen molar-refractivity contribution in [2.24, 2.45) is 0 Å². The molecule has 1 N–H and O–H groups in total. The average Bonchev–Trinajstić information content (AvgIpc) is 3.14. The fourth-order valence-corrected chi connectivity index (χ4v) is 4.67. The van der Waals surface area contributed by atoms with E-state index in [4.69, 9.17) is 9.47 Å². The van der Waals surface area contributed by atoms with Gasteiger partial charge in [-0.1, -0.05) is 30.3 Å². The number of aliphatic hydroxyl groups excluding tert-OH is 1. The van der Waals surface area contributed by atoms with E-state index in [-0.39, 0.29) is 17.4 Å². The number of ether oxygens (including phenoxy) is 2. The number of aryl methyl sites for hydroxylation is 1. The second-order valence-electron chi connectivity index (χ2n) is 9.01. The number of aliphatic hydroxyl groups is 1. The summed E-state index contributed by atoms with van der Waals surface area (Å²) in [5.74, 6) is -0.121. The first kappa shape index (κ1) is 22.7. The molecule has 6 nitrogen and oxygen atoms in total. The molecule has 0 spiro atoms. The van der Waals surface area contributed by atoms with Crippen LogP contribution in [0.4, 0.5) is 5.69 Å². The number of Topliss-reactive ketones (excluding diaryl/α,β-unsaturated/α-hetero) is 1. The zero-order valence-corrected chi connectivity index (χ0v) is 19.7. The molecule has 2 aliphatic rings. The van der Waals surface area contributed by atoms with Crippen molar-refractivity contribution in [3.8, 4) is 11.5 Å². The third-order valence-corrected chi connectivity index (χ3v) is 6.23. The number of carbonyl (C=O) groups excluding carboxylic acids is 2. The van der Waals surface area contributed by atoms with Crippen LogP contribution in [0.3, 0.4) is 0 Å². The van der Waals surface area contributed by atoms with Crippen molar-refractivity contribution in [2.45, 2.75) is 38.8 Å². The number of anilines is 1. The van der Waals surface area contributed by atoms with Crippen LogP contribution in [0.5, 0.6) is 11.5 Å². The fraction of sp³-hybridized carbons (Fsp3) is 0.241. The Bertz CT molecular complexity index is 1290. The van der Waals surface area contributed by atoms with Gasteiger partial charge >= 0.3 is 0 Å². The summed E-state index contributed by atoms with van der Waals surface area (Å²) in [6.45, 7) is 4.54. The number of amides is 1. The topological polar surface area (TPSA) is 76.1 Å². The zero-order valence-electron chi connectivity index (χ0n) is 19.7. The number of carbonyl (C=O) groups is 2. The molecule has 1 fully saturated rings. The molecule has 0 radical (unpaired) electrons. The van der Waals surface area contributed by atoms with Crippen molar-refractivity contribution in [1.29, 1.82) is 0 Å². The van der Waals surface area contributed by atoms with E-state index in [0.29, 0.717) is 23.6 Å². The van der Waals surface area contributed by atoms with E-state index in [2.05, 4.69) is 0 Å². The first-order chi connectivity index (χ1) is 16.9. The minimum absolute atomic E-state index is 0.0152. The van der Waals surface area contributed by atoms with Gasteiger partial charge in [-0.25, -0.2) is 0 Å². The number of nitrogens with zero attached hydrogens (tertiary/aromatic N) is 1. The number of benzene rings is 3. The van der Waals surface area contributed by atoms with Crippen LogP contribution in [-0.2, 0) is 16.0 Å². The van der Waals surface area contributed by atoms with Crippen LogP contribution in [-0.4, -0.2) is 29.5 Å².